The van der Waals surface area contributed by atoms with Gasteiger partial charge in [0.1, 0.15) is 6.04 Å². The van der Waals surface area contributed by atoms with Gasteiger partial charge in [0, 0.05) is 34.5 Å². The first-order valence-corrected chi connectivity index (χ1v) is 10.2. The van der Waals surface area contributed by atoms with Crippen LogP contribution in [-0.4, -0.2) is 36.9 Å². The molecule has 6 heteroatoms. The van der Waals surface area contributed by atoms with E-state index in [1.807, 2.05) is 41.5 Å². The van der Waals surface area contributed by atoms with Crippen molar-refractivity contribution < 1.29 is 19.0 Å². The SMILES string of the molecule is COc1ccc(-c2cc(C3c4ccccc4ON3C(C)(C)C)cc(OC)c2OC)cn1. The zero-order valence-corrected chi connectivity index (χ0v) is 18.8. The van der Waals surface area contributed by atoms with Gasteiger partial charge in [-0.15, -0.1) is 5.06 Å². The number of aromatic nitrogens is 1. The summed E-state index contributed by atoms with van der Waals surface area (Å²) in [5.41, 5.74) is 3.74. The Kier molecular flexibility index (Phi) is 5.50. The number of rotatable bonds is 5. The second-order valence-electron chi connectivity index (χ2n) is 8.42. The number of methoxy groups -OCH3 is 3. The second-order valence-corrected chi connectivity index (χ2v) is 8.42. The largest absolute Gasteiger partial charge is 0.493 e. The summed E-state index contributed by atoms with van der Waals surface area (Å²) in [6, 6.07) is 16.0. The topological polar surface area (TPSA) is 53.1 Å². The number of fused-ring (bicyclic) bond motifs is 1. The highest BCUT2D eigenvalue weighted by molar-refractivity contribution is 5.75. The lowest BCUT2D eigenvalue weighted by Gasteiger charge is -2.35. The van der Waals surface area contributed by atoms with Crippen LogP contribution in [-0.2, 0) is 0 Å². The van der Waals surface area contributed by atoms with Gasteiger partial charge in [-0.05, 0) is 50.6 Å². The van der Waals surface area contributed by atoms with E-state index in [1.165, 1.54) is 0 Å². The van der Waals surface area contributed by atoms with E-state index < -0.39 is 0 Å². The monoisotopic (exact) mass is 420 g/mol. The third kappa shape index (κ3) is 3.79. The minimum atomic E-state index is -0.224. The summed E-state index contributed by atoms with van der Waals surface area (Å²) in [5.74, 6) is 2.74. The van der Waals surface area contributed by atoms with Gasteiger partial charge in [-0.1, -0.05) is 18.2 Å². The molecule has 31 heavy (non-hydrogen) atoms. The lowest BCUT2D eigenvalue weighted by molar-refractivity contribution is -0.128. The van der Waals surface area contributed by atoms with Crippen molar-refractivity contribution in [3.63, 3.8) is 0 Å². The van der Waals surface area contributed by atoms with Crippen molar-refractivity contribution in [1.82, 2.24) is 10.0 Å². The van der Waals surface area contributed by atoms with E-state index in [2.05, 4.69) is 37.9 Å². The zero-order chi connectivity index (χ0) is 22.2. The molecule has 1 unspecified atom stereocenters. The van der Waals surface area contributed by atoms with Crippen LogP contribution in [0.2, 0.25) is 0 Å². The molecule has 0 bridgehead atoms. The summed E-state index contributed by atoms with van der Waals surface area (Å²) in [5, 5.41) is 2.04. The summed E-state index contributed by atoms with van der Waals surface area (Å²) in [6.07, 6.45) is 1.78. The fraction of sp³-hybridized carbons (Fsp3) is 0.320. The summed E-state index contributed by atoms with van der Waals surface area (Å²) in [6.45, 7) is 6.42. The molecule has 1 aromatic heterocycles. The van der Waals surface area contributed by atoms with Crippen LogP contribution in [0.25, 0.3) is 11.1 Å². The number of pyridine rings is 1. The summed E-state index contributed by atoms with van der Waals surface area (Å²) in [4.78, 5) is 10.6. The fourth-order valence-electron chi connectivity index (χ4n) is 3.93. The predicted octanol–water partition coefficient (Wildman–Crippen LogP) is 5.27. The molecule has 0 fully saturated rings. The van der Waals surface area contributed by atoms with Gasteiger partial charge in [0.2, 0.25) is 5.88 Å². The molecule has 162 valence electrons. The van der Waals surface area contributed by atoms with Crippen molar-refractivity contribution in [2.45, 2.75) is 32.4 Å². The van der Waals surface area contributed by atoms with Crippen molar-refractivity contribution >= 4 is 0 Å². The van der Waals surface area contributed by atoms with E-state index in [4.69, 9.17) is 19.0 Å². The number of hydrogen-bond acceptors (Lipinski definition) is 6. The molecular formula is C25H28N2O4. The Bertz CT molecular complexity index is 1070. The van der Waals surface area contributed by atoms with Crippen LogP contribution < -0.4 is 19.0 Å². The quantitative estimate of drug-likeness (QED) is 0.560. The molecule has 0 spiro atoms. The van der Waals surface area contributed by atoms with E-state index in [0.717, 1.165) is 28.0 Å². The molecule has 0 N–H and O–H groups in total. The number of ether oxygens (including phenoxy) is 3. The normalized spacial score (nSPS) is 15.9. The minimum absolute atomic E-state index is 0.0963. The number of nitrogens with zero attached hydrogens (tertiary/aromatic N) is 2. The van der Waals surface area contributed by atoms with Crippen molar-refractivity contribution in [2.24, 2.45) is 0 Å². The van der Waals surface area contributed by atoms with E-state index in [-0.39, 0.29) is 11.6 Å². The smallest absolute Gasteiger partial charge is 0.212 e. The molecule has 2 aromatic carbocycles. The average Bonchev–Trinajstić information content (AvgIpc) is 3.18. The minimum Gasteiger partial charge on any atom is -0.493 e. The molecule has 4 rings (SSSR count). The number of para-hydroxylation sites is 1. The second kappa shape index (κ2) is 8.12. The van der Waals surface area contributed by atoms with Crippen molar-refractivity contribution in [1.29, 1.82) is 0 Å². The predicted molar refractivity (Wildman–Crippen MR) is 120 cm³/mol. The van der Waals surface area contributed by atoms with Crippen LogP contribution >= 0.6 is 0 Å². The molecule has 6 nitrogen and oxygen atoms in total. The first-order valence-electron chi connectivity index (χ1n) is 10.2. The molecule has 2 heterocycles. The van der Waals surface area contributed by atoms with E-state index in [9.17, 15) is 0 Å². The Balaban J connectivity index is 1.91. The maximum absolute atomic E-state index is 6.28. The highest BCUT2D eigenvalue weighted by Crippen LogP contribution is 2.48. The first-order chi connectivity index (χ1) is 14.9. The molecule has 3 aromatic rings. The fourth-order valence-corrected chi connectivity index (χ4v) is 3.93. The Morgan fingerprint density at radius 1 is 0.935 bits per heavy atom. The molecule has 1 aliphatic rings. The third-order valence-corrected chi connectivity index (χ3v) is 5.38. The lowest BCUT2D eigenvalue weighted by Crippen LogP contribution is -2.43. The van der Waals surface area contributed by atoms with Crippen LogP contribution in [0.1, 0.15) is 37.9 Å². The van der Waals surface area contributed by atoms with Gasteiger partial charge in [-0.2, -0.15) is 0 Å². The van der Waals surface area contributed by atoms with Gasteiger partial charge >= 0.3 is 0 Å². The van der Waals surface area contributed by atoms with Crippen LogP contribution in [0.5, 0.6) is 23.1 Å². The highest BCUT2D eigenvalue weighted by atomic mass is 16.7. The van der Waals surface area contributed by atoms with Gasteiger partial charge in [0.05, 0.1) is 21.3 Å². The number of hydrogen-bond donors (Lipinski definition) is 0. The molecule has 0 aliphatic carbocycles. The first kappa shape index (κ1) is 21.0. The molecule has 0 amide bonds. The third-order valence-electron chi connectivity index (χ3n) is 5.38. The molecule has 0 saturated heterocycles. The van der Waals surface area contributed by atoms with Crippen LogP contribution in [0.4, 0.5) is 0 Å². The van der Waals surface area contributed by atoms with Gasteiger partial charge < -0.3 is 19.0 Å². The van der Waals surface area contributed by atoms with Gasteiger partial charge in [0.15, 0.2) is 17.2 Å². The molecule has 1 aliphatic heterocycles. The number of benzene rings is 2. The van der Waals surface area contributed by atoms with Gasteiger partial charge in [-0.3, -0.25) is 0 Å². The maximum atomic E-state index is 6.28. The maximum Gasteiger partial charge on any atom is 0.212 e. The van der Waals surface area contributed by atoms with Gasteiger partial charge in [0.25, 0.3) is 0 Å². The van der Waals surface area contributed by atoms with E-state index >= 15 is 0 Å². The zero-order valence-electron chi connectivity index (χ0n) is 18.8. The van der Waals surface area contributed by atoms with Crippen molar-refractivity contribution in [3.05, 3.63) is 65.9 Å². The summed E-state index contributed by atoms with van der Waals surface area (Å²) < 4.78 is 16.7. The standard InChI is InChI=1S/C25H28N2O4/c1-25(2,3)27-23(18-9-7-8-10-20(18)31-27)17-13-19(24(30-6)21(14-17)28-4)16-11-12-22(29-5)26-15-16/h7-15,23H,1-6H3. The van der Waals surface area contributed by atoms with Gasteiger partial charge in [-0.25, -0.2) is 4.98 Å². The van der Waals surface area contributed by atoms with Crippen LogP contribution in [0.15, 0.2) is 54.7 Å². The van der Waals surface area contributed by atoms with Crippen molar-refractivity contribution in [2.75, 3.05) is 21.3 Å². The lowest BCUT2D eigenvalue weighted by atomic mass is 9.92. The highest BCUT2D eigenvalue weighted by Gasteiger charge is 2.41. The Labute approximate surface area is 183 Å². The summed E-state index contributed by atoms with van der Waals surface area (Å²) >= 11 is 0. The molecule has 0 saturated carbocycles. The summed E-state index contributed by atoms with van der Waals surface area (Å²) in [7, 11) is 4.90. The molecular weight excluding hydrogens is 392 g/mol. The van der Waals surface area contributed by atoms with Crippen molar-refractivity contribution in [3.8, 4) is 34.3 Å². The van der Waals surface area contributed by atoms with Crippen LogP contribution in [0, 0.1) is 0 Å². The van der Waals surface area contributed by atoms with Crippen LogP contribution in [0.3, 0.4) is 0 Å². The molecule has 0 radical (unpaired) electrons. The van der Waals surface area contributed by atoms with E-state index in [1.54, 1.807) is 27.5 Å². The molecule has 1 atom stereocenters. The Morgan fingerprint density at radius 3 is 2.32 bits per heavy atom. The van der Waals surface area contributed by atoms with E-state index in [0.29, 0.717) is 17.4 Å². The average molecular weight is 421 g/mol. The Hall–Kier alpha value is -3.25. The number of hydroxylamine groups is 2. The Morgan fingerprint density at radius 2 is 1.71 bits per heavy atom.